The largest absolute Gasteiger partial charge is 0.379 e. The first-order chi connectivity index (χ1) is 8.29. The molecule has 1 saturated carbocycles. The van der Waals surface area contributed by atoms with Crippen molar-refractivity contribution in [3.63, 3.8) is 0 Å². The van der Waals surface area contributed by atoms with Gasteiger partial charge in [0.2, 0.25) is 5.95 Å². The first kappa shape index (κ1) is 11.8. The highest BCUT2D eigenvalue weighted by molar-refractivity contribution is 5.32. The van der Waals surface area contributed by atoms with Crippen LogP contribution in [0.4, 0.5) is 5.95 Å². The van der Waals surface area contributed by atoms with E-state index in [9.17, 15) is 0 Å². The Morgan fingerprint density at radius 1 is 1.59 bits per heavy atom. The van der Waals surface area contributed by atoms with Crippen molar-refractivity contribution in [2.45, 2.75) is 12.8 Å². The van der Waals surface area contributed by atoms with Crippen molar-refractivity contribution < 1.29 is 4.74 Å². The van der Waals surface area contributed by atoms with E-state index >= 15 is 0 Å². The third kappa shape index (κ3) is 3.68. The molecule has 90 valence electrons. The Morgan fingerprint density at radius 2 is 2.41 bits per heavy atom. The topological polar surface area (TPSA) is 62.0 Å². The van der Waals surface area contributed by atoms with Crippen LogP contribution in [0.2, 0.25) is 0 Å². The number of aromatic nitrogens is 2. The van der Waals surface area contributed by atoms with Gasteiger partial charge < -0.3 is 9.64 Å². The molecule has 1 aliphatic rings. The molecule has 0 aliphatic heterocycles. The van der Waals surface area contributed by atoms with Gasteiger partial charge in [-0.25, -0.2) is 9.97 Å². The monoisotopic (exact) mass is 232 g/mol. The maximum Gasteiger partial charge on any atom is 0.226 e. The van der Waals surface area contributed by atoms with Crippen LogP contribution in [0.3, 0.4) is 0 Å². The second kappa shape index (κ2) is 5.60. The molecule has 0 atom stereocenters. The lowest BCUT2D eigenvalue weighted by atomic mass is 10.4. The predicted octanol–water partition coefficient (Wildman–Crippen LogP) is 1.21. The van der Waals surface area contributed by atoms with Crippen LogP contribution in [0.15, 0.2) is 12.3 Å². The number of rotatable bonds is 6. The van der Waals surface area contributed by atoms with Crippen LogP contribution in [-0.4, -0.2) is 36.8 Å². The molecule has 1 aromatic rings. The number of anilines is 1. The molecule has 0 unspecified atom stereocenters. The molecule has 1 aromatic heterocycles. The van der Waals surface area contributed by atoms with Crippen LogP contribution in [0, 0.1) is 17.2 Å². The van der Waals surface area contributed by atoms with Crippen molar-refractivity contribution >= 4 is 5.95 Å². The van der Waals surface area contributed by atoms with E-state index in [2.05, 4.69) is 9.97 Å². The minimum absolute atomic E-state index is 0.390. The highest BCUT2D eigenvalue weighted by atomic mass is 16.5. The molecule has 0 amide bonds. The maximum absolute atomic E-state index is 8.74. The molecule has 0 aromatic carbocycles. The number of ether oxygens (including phenoxy) is 1. The molecule has 0 bridgehead atoms. The summed E-state index contributed by atoms with van der Waals surface area (Å²) in [5, 5.41) is 8.74. The highest BCUT2D eigenvalue weighted by Gasteiger charge is 2.21. The molecule has 1 aliphatic carbocycles. The summed E-state index contributed by atoms with van der Waals surface area (Å²) in [5.41, 5.74) is 0.390. The van der Waals surface area contributed by atoms with Crippen molar-refractivity contribution in [2.24, 2.45) is 5.92 Å². The van der Waals surface area contributed by atoms with Gasteiger partial charge in [-0.2, -0.15) is 5.26 Å². The summed E-state index contributed by atoms with van der Waals surface area (Å²) in [6.45, 7) is 2.28. The molecule has 0 spiro atoms. The number of hydrogen-bond acceptors (Lipinski definition) is 5. The summed E-state index contributed by atoms with van der Waals surface area (Å²) in [7, 11) is 1.90. The minimum atomic E-state index is 0.390. The average Bonchev–Trinajstić information content (AvgIpc) is 3.18. The number of hydrogen-bond donors (Lipinski definition) is 0. The molecule has 1 heterocycles. The fourth-order valence-corrected chi connectivity index (χ4v) is 1.43. The summed E-state index contributed by atoms with van der Waals surface area (Å²) in [6, 6.07) is 3.60. The second-order valence-electron chi connectivity index (χ2n) is 4.29. The molecule has 0 N–H and O–H groups in total. The Hall–Kier alpha value is -1.67. The normalized spacial score (nSPS) is 14.4. The van der Waals surface area contributed by atoms with Crippen LogP contribution in [-0.2, 0) is 4.74 Å². The summed E-state index contributed by atoms with van der Waals surface area (Å²) < 4.78 is 5.54. The summed E-state index contributed by atoms with van der Waals surface area (Å²) in [5.74, 6) is 1.36. The van der Waals surface area contributed by atoms with Crippen molar-refractivity contribution in [3.8, 4) is 6.07 Å². The van der Waals surface area contributed by atoms with Gasteiger partial charge in [-0.15, -0.1) is 0 Å². The fourth-order valence-electron chi connectivity index (χ4n) is 1.43. The van der Waals surface area contributed by atoms with Gasteiger partial charge in [0.1, 0.15) is 11.8 Å². The number of likely N-dealkylation sites (N-methyl/N-ethyl adjacent to an activating group) is 1. The van der Waals surface area contributed by atoms with Gasteiger partial charge in [-0.1, -0.05) is 0 Å². The van der Waals surface area contributed by atoms with Gasteiger partial charge in [0.25, 0.3) is 0 Å². The lowest BCUT2D eigenvalue weighted by molar-refractivity contribution is 0.130. The van der Waals surface area contributed by atoms with Crippen LogP contribution in [0.1, 0.15) is 18.5 Å². The predicted molar refractivity (Wildman–Crippen MR) is 63.6 cm³/mol. The molecular formula is C12H16N4O. The Kier molecular flexibility index (Phi) is 3.89. The Bertz CT molecular complexity index is 411. The molecular weight excluding hydrogens is 216 g/mol. The lowest BCUT2D eigenvalue weighted by Gasteiger charge is -2.16. The zero-order chi connectivity index (χ0) is 12.1. The number of nitrogens with zero attached hydrogens (tertiary/aromatic N) is 4. The Morgan fingerprint density at radius 3 is 3.12 bits per heavy atom. The van der Waals surface area contributed by atoms with Crippen molar-refractivity contribution in [2.75, 3.05) is 31.7 Å². The molecule has 1 fully saturated rings. The van der Waals surface area contributed by atoms with E-state index in [1.165, 1.54) is 12.8 Å². The molecule has 5 nitrogen and oxygen atoms in total. The van der Waals surface area contributed by atoms with E-state index in [0.717, 1.165) is 19.1 Å². The van der Waals surface area contributed by atoms with Gasteiger partial charge in [-0.05, 0) is 24.8 Å². The van der Waals surface area contributed by atoms with E-state index in [1.807, 2.05) is 18.0 Å². The van der Waals surface area contributed by atoms with E-state index in [0.29, 0.717) is 18.2 Å². The van der Waals surface area contributed by atoms with Crippen LogP contribution in [0.5, 0.6) is 0 Å². The van der Waals surface area contributed by atoms with E-state index < -0.39 is 0 Å². The van der Waals surface area contributed by atoms with Crippen molar-refractivity contribution in [3.05, 3.63) is 18.0 Å². The zero-order valence-corrected chi connectivity index (χ0v) is 9.96. The molecule has 5 heteroatoms. The van der Waals surface area contributed by atoms with Crippen molar-refractivity contribution in [1.29, 1.82) is 5.26 Å². The first-order valence-corrected chi connectivity index (χ1v) is 5.81. The Labute approximate surface area is 101 Å². The quantitative estimate of drug-likeness (QED) is 0.690. The van der Waals surface area contributed by atoms with E-state index in [4.69, 9.17) is 10.00 Å². The summed E-state index contributed by atoms with van der Waals surface area (Å²) in [6.07, 6.45) is 4.22. The smallest absolute Gasteiger partial charge is 0.226 e. The third-order valence-electron chi connectivity index (χ3n) is 2.72. The van der Waals surface area contributed by atoms with Gasteiger partial charge in [0, 0.05) is 26.4 Å². The molecule has 2 rings (SSSR count). The average molecular weight is 232 g/mol. The molecule has 0 saturated heterocycles. The fraction of sp³-hybridized carbons (Fsp3) is 0.583. The third-order valence-corrected chi connectivity index (χ3v) is 2.72. The molecule has 17 heavy (non-hydrogen) atoms. The second-order valence-corrected chi connectivity index (χ2v) is 4.29. The summed E-state index contributed by atoms with van der Waals surface area (Å²) in [4.78, 5) is 10.1. The number of nitriles is 1. The van der Waals surface area contributed by atoms with Crippen LogP contribution in [0.25, 0.3) is 0 Å². The Balaban J connectivity index is 1.77. The zero-order valence-electron chi connectivity index (χ0n) is 9.96. The minimum Gasteiger partial charge on any atom is -0.379 e. The van der Waals surface area contributed by atoms with Crippen LogP contribution < -0.4 is 4.90 Å². The lowest BCUT2D eigenvalue weighted by Crippen LogP contribution is -2.25. The van der Waals surface area contributed by atoms with Gasteiger partial charge in [0.05, 0.1) is 6.61 Å². The first-order valence-electron chi connectivity index (χ1n) is 5.81. The SMILES string of the molecule is CN(CCOCC1CC1)c1nccc(C#N)n1. The maximum atomic E-state index is 8.74. The van der Waals surface area contributed by atoms with Crippen molar-refractivity contribution in [1.82, 2.24) is 9.97 Å². The van der Waals surface area contributed by atoms with Gasteiger partial charge in [-0.3, -0.25) is 0 Å². The van der Waals surface area contributed by atoms with Gasteiger partial charge in [0.15, 0.2) is 0 Å². The molecule has 0 radical (unpaired) electrons. The summed E-state index contributed by atoms with van der Waals surface area (Å²) >= 11 is 0. The highest BCUT2D eigenvalue weighted by Crippen LogP contribution is 2.28. The standard InChI is InChI=1S/C12H16N4O/c1-16(6-7-17-9-10-2-3-10)12-14-5-4-11(8-13)15-12/h4-5,10H,2-3,6-7,9H2,1H3. The van der Waals surface area contributed by atoms with Gasteiger partial charge >= 0.3 is 0 Å². The van der Waals surface area contributed by atoms with Crippen LogP contribution >= 0.6 is 0 Å². The van der Waals surface area contributed by atoms with E-state index in [-0.39, 0.29) is 0 Å². The van der Waals surface area contributed by atoms with E-state index in [1.54, 1.807) is 12.3 Å².